The van der Waals surface area contributed by atoms with E-state index in [-0.39, 0.29) is 0 Å². The molecular weight excluding hydrogens is 902 g/mol. The van der Waals surface area contributed by atoms with Crippen LogP contribution in [-0.4, -0.2) is 20.4 Å². The van der Waals surface area contributed by atoms with Gasteiger partial charge in [-0.2, -0.15) is 0 Å². The van der Waals surface area contributed by atoms with Crippen molar-refractivity contribution in [2.45, 2.75) is 5.54 Å². The molecule has 0 bridgehead atoms. The van der Waals surface area contributed by atoms with Crippen LogP contribution in [0.4, 0.5) is 11.4 Å². The van der Waals surface area contributed by atoms with Gasteiger partial charge >= 0.3 is 62.1 Å². The second-order valence-corrected chi connectivity index (χ2v) is 68.3. The molecule has 3 nitrogen and oxygen atoms in total. The molecule has 1 aliphatic rings. The van der Waals surface area contributed by atoms with E-state index in [4.69, 9.17) is 128 Å². The van der Waals surface area contributed by atoms with Gasteiger partial charge in [0, 0.05) is 21.2 Å². The van der Waals surface area contributed by atoms with Gasteiger partial charge in [-0.25, -0.2) is 0 Å². The zero-order valence-corrected chi connectivity index (χ0v) is 32.2. The van der Waals surface area contributed by atoms with Gasteiger partial charge in [-0.3, -0.25) is 0 Å². The predicted molar refractivity (Wildman–Crippen MR) is 187 cm³/mol. The van der Waals surface area contributed by atoms with Crippen molar-refractivity contribution in [1.29, 1.82) is 0 Å². The van der Waals surface area contributed by atoms with Crippen LogP contribution in [-0.2, 0) is 5.54 Å². The van der Waals surface area contributed by atoms with Gasteiger partial charge < -0.3 is 0 Å². The van der Waals surface area contributed by atoms with Gasteiger partial charge in [0.25, 0.3) is 0 Å². The minimum atomic E-state index is -5.42. The first-order valence-corrected chi connectivity index (χ1v) is 33.2. The molecule has 4 aromatic carbocycles. The van der Waals surface area contributed by atoms with Gasteiger partial charge in [0.1, 0.15) is 0 Å². The van der Waals surface area contributed by atoms with Crippen molar-refractivity contribution in [3.05, 3.63) is 126 Å². The molecule has 1 aliphatic heterocycles. The SMILES string of the molecule is Clc1cc(Cl)c(N2N=[N+](c3c(Cl)cc(Cl)cc3Cl)CC2(c2ccccc2)c2ccccc2)c(Cl)c1.[Cl][Sb-]([Cl])([Cl])([Cl])([Cl])[Cl]. The van der Waals surface area contributed by atoms with E-state index in [0.717, 1.165) is 11.1 Å². The van der Waals surface area contributed by atoms with E-state index in [0.29, 0.717) is 48.1 Å². The first-order chi connectivity index (χ1) is 19.3. The van der Waals surface area contributed by atoms with Crippen molar-refractivity contribution in [3.8, 4) is 0 Å². The quantitative estimate of drug-likeness (QED) is 0.147. The fourth-order valence-electron chi connectivity index (χ4n) is 4.40. The van der Waals surface area contributed by atoms with Crippen molar-refractivity contribution in [1.82, 2.24) is 0 Å². The van der Waals surface area contributed by atoms with Crippen molar-refractivity contribution in [2.75, 3.05) is 11.6 Å². The Morgan fingerprint density at radius 2 is 0.952 bits per heavy atom. The van der Waals surface area contributed by atoms with E-state index >= 15 is 0 Å². The Bertz CT molecular complexity index is 1570. The summed E-state index contributed by atoms with van der Waals surface area (Å²) in [5, 5.41) is 9.12. The second kappa shape index (κ2) is 12.6. The summed E-state index contributed by atoms with van der Waals surface area (Å²) >= 11 is 39.1. The van der Waals surface area contributed by atoms with Crippen LogP contribution >= 0.6 is 123 Å². The molecule has 0 aromatic heterocycles. The van der Waals surface area contributed by atoms with Crippen LogP contribution in [0.15, 0.2) is 90.2 Å². The van der Waals surface area contributed by atoms with Gasteiger partial charge in [0.2, 0.25) is 5.54 Å². The van der Waals surface area contributed by atoms with E-state index in [1.54, 1.807) is 29.0 Å². The van der Waals surface area contributed by atoms with E-state index in [2.05, 4.69) is 0 Å². The van der Waals surface area contributed by atoms with Crippen molar-refractivity contribution >= 4 is 143 Å². The van der Waals surface area contributed by atoms with Gasteiger partial charge in [0.05, 0.1) is 25.3 Å². The maximum atomic E-state index is 6.74. The molecule has 0 N–H and O–H groups in total. The van der Waals surface area contributed by atoms with Gasteiger partial charge in [0.15, 0.2) is 17.9 Å². The summed E-state index contributed by atoms with van der Waals surface area (Å²) in [6.07, 6.45) is 0. The van der Waals surface area contributed by atoms with Crippen LogP contribution in [0, 0.1) is 0 Å². The summed E-state index contributed by atoms with van der Waals surface area (Å²) in [6.45, 7) is 0.359. The van der Waals surface area contributed by atoms with E-state index in [1.165, 1.54) is 0 Å². The number of anilines is 1. The molecule has 0 fully saturated rings. The Hall–Kier alpha value is 0.578. The first kappa shape index (κ1) is 35.4. The van der Waals surface area contributed by atoms with Crippen molar-refractivity contribution in [2.24, 2.45) is 5.22 Å². The molecule has 0 saturated heterocycles. The monoisotopic (exact) mass is 911 g/mol. The molecule has 0 amide bonds. The van der Waals surface area contributed by atoms with E-state index < -0.39 is 14.7 Å². The molecule has 0 atom stereocenters. The Morgan fingerprint density at radius 3 is 1.33 bits per heavy atom. The third-order valence-corrected chi connectivity index (χ3v) is 7.46. The second-order valence-electron chi connectivity index (χ2n) is 8.95. The fraction of sp³-hybridized carbons (Fsp3) is 0.0769. The molecule has 16 heteroatoms. The van der Waals surface area contributed by atoms with Crippen molar-refractivity contribution < 1.29 is 4.70 Å². The van der Waals surface area contributed by atoms with Crippen LogP contribution in [0.2, 0.25) is 30.1 Å². The zero-order chi connectivity index (χ0) is 31.2. The number of nitrogens with zero attached hydrogens (tertiary/aromatic N) is 3. The molecule has 0 unspecified atom stereocenters. The van der Waals surface area contributed by atoms with Crippen LogP contribution in [0.3, 0.4) is 0 Å². The van der Waals surface area contributed by atoms with Crippen LogP contribution in [0.1, 0.15) is 11.1 Å². The summed E-state index contributed by atoms with van der Waals surface area (Å²) in [5.41, 5.74) is 2.14. The Balaban J connectivity index is 0.000000517. The fourth-order valence-corrected chi connectivity index (χ4v) is 6.39. The van der Waals surface area contributed by atoms with Gasteiger partial charge in [-0.15, -0.1) is 9.71 Å². The molecule has 0 radical (unpaired) electrons. The average Bonchev–Trinajstić information content (AvgIpc) is 3.22. The number of benzene rings is 4. The molecule has 42 heavy (non-hydrogen) atoms. The summed E-state index contributed by atoms with van der Waals surface area (Å²) < 4.78 is 1.75. The Morgan fingerprint density at radius 1 is 0.595 bits per heavy atom. The summed E-state index contributed by atoms with van der Waals surface area (Å²) in [5.74, 6) is 0. The zero-order valence-electron chi connectivity index (χ0n) is 20.6. The summed E-state index contributed by atoms with van der Waals surface area (Å²) in [4.78, 5) is 0. The molecule has 0 spiro atoms. The normalized spacial score (nSPS) is 16.2. The first-order valence-electron chi connectivity index (χ1n) is 11.5. The van der Waals surface area contributed by atoms with E-state index in [1.807, 2.05) is 65.7 Å². The molecule has 5 rings (SSSR count). The predicted octanol–water partition coefficient (Wildman–Crippen LogP) is 13.8. The van der Waals surface area contributed by atoms with Crippen LogP contribution in [0.5, 0.6) is 0 Å². The summed E-state index contributed by atoms with van der Waals surface area (Å²) in [7, 11) is 25.0. The Labute approximate surface area is 292 Å². The number of hydrogen-bond donors (Lipinski definition) is 0. The molecular formula is C26H16Cl12N3Sb. The molecule has 1 heterocycles. The van der Waals surface area contributed by atoms with Crippen LogP contribution in [0.25, 0.3) is 0 Å². The third kappa shape index (κ3) is 9.10. The summed E-state index contributed by atoms with van der Waals surface area (Å²) in [6, 6.07) is 26.6. The maximum absolute atomic E-state index is 6.74. The van der Waals surface area contributed by atoms with E-state index in [9.17, 15) is 0 Å². The molecule has 224 valence electrons. The number of hydrogen-bond acceptors (Lipinski definition) is 2. The Kier molecular flexibility index (Phi) is 10.7. The van der Waals surface area contributed by atoms with Crippen molar-refractivity contribution in [3.63, 3.8) is 0 Å². The molecule has 0 aliphatic carbocycles. The molecule has 4 aromatic rings. The number of halogens is 12. The number of rotatable bonds is 4. The molecule has 0 saturated carbocycles. The third-order valence-electron chi connectivity index (χ3n) is 5.87. The van der Waals surface area contributed by atoms with Gasteiger partial charge in [-0.05, 0) is 24.3 Å². The van der Waals surface area contributed by atoms with Gasteiger partial charge in [-0.1, -0.05) is 130 Å². The van der Waals surface area contributed by atoms with Crippen LogP contribution < -0.4 is 5.01 Å². The topological polar surface area (TPSA) is 18.6 Å². The standard InChI is InChI=1S/C26H16Cl6N3.6ClH.Sb/c27-18-11-20(29)24(21(30)12-18)34-15-26(16-7-3-1-4-8-16,17-9-5-2-6-10-17)35(33-34)25-22(31)13-19(28)14-23(25)32;;;;;;;/h1-14H,15H2;6*1H;/q+1;;;;;;;+5/p-6. The average molecular weight is 918 g/mol. The minimum absolute atomic E-state index is 0.359.